The number of nitrogen functional groups attached to an aromatic ring is 1. The number of hydrogen-bond donors (Lipinski definition) is 2. The van der Waals surface area contributed by atoms with E-state index in [-0.39, 0.29) is 0 Å². The molecule has 1 aromatic rings. The summed E-state index contributed by atoms with van der Waals surface area (Å²) in [7, 11) is 1.63. The van der Waals surface area contributed by atoms with Crippen molar-refractivity contribution < 1.29 is 4.74 Å². The van der Waals surface area contributed by atoms with Crippen LogP contribution in [-0.4, -0.2) is 13.2 Å². The van der Waals surface area contributed by atoms with Gasteiger partial charge in [0, 0.05) is 17.8 Å². The molecule has 16 heavy (non-hydrogen) atoms. The minimum atomic E-state index is 0.452. The van der Waals surface area contributed by atoms with Crippen molar-refractivity contribution in [3.63, 3.8) is 0 Å². The van der Waals surface area contributed by atoms with Crippen LogP contribution >= 0.6 is 0 Å². The molecule has 1 rings (SSSR count). The summed E-state index contributed by atoms with van der Waals surface area (Å²) in [6.07, 6.45) is 1.15. The maximum absolute atomic E-state index is 5.76. The largest absolute Gasteiger partial charge is 0.495 e. The van der Waals surface area contributed by atoms with E-state index in [0.717, 1.165) is 17.9 Å². The van der Waals surface area contributed by atoms with Gasteiger partial charge in [0.1, 0.15) is 5.75 Å². The lowest BCUT2D eigenvalue weighted by atomic mass is 10.1. The second-order valence-electron chi connectivity index (χ2n) is 4.63. The molecule has 3 nitrogen and oxygen atoms in total. The minimum absolute atomic E-state index is 0.452. The smallest absolute Gasteiger partial charge is 0.143 e. The Kier molecular flexibility index (Phi) is 4.47. The van der Waals surface area contributed by atoms with E-state index >= 15 is 0 Å². The third-order valence-corrected chi connectivity index (χ3v) is 2.47. The molecule has 0 fully saturated rings. The number of methoxy groups -OCH3 is 1. The number of nitrogens with two attached hydrogens (primary N) is 1. The van der Waals surface area contributed by atoms with Crippen molar-refractivity contribution in [1.29, 1.82) is 0 Å². The Morgan fingerprint density at radius 3 is 2.56 bits per heavy atom. The van der Waals surface area contributed by atoms with Crippen LogP contribution in [0.1, 0.15) is 27.2 Å². The van der Waals surface area contributed by atoms with E-state index < -0.39 is 0 Å². The summed E-state index contributed by atoms with van der Waals surface area (Å²) in [6.45, 7) is 6.63. The average molecular weight is 222 g/mol. The Bertz CT molecular complexity index is 337. The van der Waals surface area contributed by atoms with Crippen molar-refractivity contribution in [3.05, 3.63) is 18.2 Å². The van der Waals surface area contributed by atoms with Gasteiger partial charge in [-0.15, -0.1) is 0 Å². The SMILES string of the molecule is COc1cc(NC(C)CC(C)C)ccc1N. The Balaban J connectivity index is 2.67. The Hall–Kier alpha value is -1.38. The number of hydrogen-bond acceptors (Lipinski definition) is 3. The van der Waals surface area contributed by atoms with Crippen molar-refractivity contribution in [3.8, 4) is 5.75 Å². The van der Waals surface area contributed by atoms with Gasteiger partial charge in [0.2, 0.25) is 0 Å². The van der Waals surface area contributed by atoms with Gasteiger partial charge in [-0.1, -0.05) is 13.8 Å². The first kappa shape index (κ1) is 12.7. The first-order valence-electron chi connectivity index (χ1n) is 5.73. The summed E-state index contributed by atoms with van der Waals surface area (Å²) in [5, 5.41) is 3.44. The number of anilines is 2. The summed E-state index contributed by atoms with van der Waals surface area (Å²) in [5.41, 5.74) is 7.48. The maximum atomic E-state index is 5.76. The topological polar surface area (TPSA) is 47.3 Å². The van der Waals surface area contributed by atoms with Crippen molar-refractivity contribution >= 4 is 11.4 Å². The Morgan fingerprint density at radius 1 is 1.31 bits per heavy atom. The predicted molar refractivity (Wildman–Crippen MR) is 69.9 cm³/mol. The molecule has 0 radical (unpaired) electrons. The Morgan fingerprint density at radius 2 is 2.00 bits per heavy atom. The van der Waals surface area contributed by atoms with Crippen LogP contribution in [0.25, 0.3) is 0 Å². The average Bonchev–Trinajstić information content (AvgIpc) is 2.19. The molecule has 0 aliphatic heterocycles. The summed E-state index contributed by atoms with van der Waals surface area (Å²) in [6, 6.07) is 6.23. The lowest BCUT2D eigenvalue weighted by Crippen LogP contribution is -2.17. The maximum Gasteiger partial charge on any atom is 0.143 e. The van der Waals surface area contributed by atoms with Gasteiger partial charge >= 0.3 is 0 Å². The molecular weight excluding hydrogens is 200 g/mol. The highest BCUT2D eigenvalue weighted by atomic mass is 16.5. The predicted octanol–water partition coefficient (Wildman–Crippen LogP) is 3.12. The third-order valence-electron chi connectivity index (χ3n) is 2.47. The first-order valence-corrected chi connectivity index (χ1v) is 5.73. The van der Waals surface area contributed by atoms with E-state index in [0.29, 0.717) is 17.6 Å². The normalized spacial score (nSPS) is 12.6. The highest BCUT2D eigenvalue weighted by Crippen LogP contribution is 2.25. The molecule has 3 N–H and O–H groups in total. The van der Waals surface area contributed by atoms with Crippen molar-refractivity contribution in [2.24, 2.45) is 5.92 Å². The number of nitrogens with one attached hydrogen (secondary N) is 1. The fourth-order valence-corrected chi connectivity index (χ4v) is 1.85. The molecule has 0 aliphatic carbocycles. The lowest BCUT2D eigenvalue weighted by molar-refractivity contribution is 0.417. The van der Waals surface area contributed by atoms with Crippen LogP contribution in [0.2, 0.25) is 0 Å². The number of rotatable bonds is 5. The van der Waals surface area contributed by atoms with Gasteiger partial charge in [0.05, 0.1) is 12.8 Å². The molecule has 1 aromatic carbocycles. The summed E-state index contributed by atoms with van der Waals surface area (Å²) in [5.74, 6) is 1.42. The van der Waals surface area contributed by atoms with E-state index in [1.165, 1.54) is 0 Å². The molecule has 3 heteroatoms. The third kappa shape index (κ3) is 3.65. The molecule has 0 saturated carbocycles. The van der Waals surface area contributed by atoms with Gasteiger partial charge in [0.15, 0.2) is 0 Å². The monoisotopic (exact) mass is 222 g/mol. The summed E-state index contributed by atoms with van der Waals surface area (Å²) < 4.78 is 5.18. The highest BCUT2D eigenvalue weighted by molar-refractivity contribution is 5.61. The van der Waals surface area contributed by atoms with Gasteiger partial charge in [0.25, 0.3) is 0 Å². The molecule has 0 bridgehead atoms. The second kappa shape index (κ2) is 5.64. The molecule has 90 valence electrons. The van der Waals surface area contributed by atoms with Crippen LogP contribution in [0.5, 0.6) is 5.75 Å². The van der Waals surface area contributed by atoms with Crippen LogP contribution in [0.3, 0.4) is 0 Å². The first-order chi connectivity index (χ1) is 7.52. The second-order valence-corrected chi connectivity index (χ2v) is 4.63. The van der Waals surface area contributed by atoms with Gasteiger partial charge in [-0.05, 0) is 31.4 Å². The molecule has 1 unspecified atom stereocenters. The summed E-state index contributed by atoms with van der Waals surface area (Å²) >= 11 is 0. The molecule has 0 aromatic heterocycles. The van der Waals surface area contributed by atoms with Crippen molar-refractivity contribution in [1.82, 2.24) is 0 Å². The zero-order valence-corrected chi connectivity index (χ0v) is 10.6. The van der Waals surface area contributed by atoms with Crippen molar-refractivity contribution in [2.75, 3.05) is 18.2 Å². The standard InChI is InChI=1S/C13H22N2O/c1-9(2)7-10(3)15-11-5-6-12(14)13(8-11)16-4/h5-6,8-10,15H,7,14H2,1-4H3. The molecular formula is C13H22N2O. The molecule has 0 aliphatic rings. The van der Waals surface area contributed by atoms with Gasteiger partial charge < -0.3 is 15.8 Å². The van der Waals surface area contributed by atoms with Crippen LogP contribution in [0, 0.1) is 5.92 Å². The van der Waals surface area contributed by atoms with E-state index in [2.05, 4.69) is 26.1 Å². The fourth-order valence-electron chi connectivity index (χ4n) is 1.85. The zero-order chi connectivity index (χ0) is 12.1. The fraction of sp³-hybridized carbons (Fsp3) is 0.538. The van der Waals surface area contributed by atoms with Crippen LogP contribution < -0.4 is 15.8 Å². The molecule has 0 amide bonds. The molecule has 0 saturated heterocycles. The Labute approximate surface area is 98.0 Å². The lowest BCUT2D eigenvalue weighted by Gasteiger charge is -2.18. The minimum Gasteiger partial charge on any atom is -0.495 e. The quantitative estimate of drug-likeness (QED) is 0.752. The van der Waals surface area contributed by atoms with Gasteiger partial charge in [-0.25, -0.2) is 0 Å². The molecule has 1 atom stereocenters. The van der Waals surface area contributed by atoms with Crippen molar-refractivity contribution in [2.45, 2.75) is 33.2 Å². The van der Waals surface area contributed by atoms with E-state index in [1.807, 2.05) is 18.2 Å². The number of benzene rings is 1. The highest BCUT2D eigenvalue weighted by Gasteiger charge is 2.06. The zero-order valence-electron chi connectivity index (χ0n) is 10.6. The van der Waals surface area contributed by atoms with E-state index in [1.54, 1.807) is 7.11 Å². The van der Waals surface area contributed by atoms with Crippen LogP contribution in [0.4, 0.5) is 11.4 Å². The molecule has 0 spiro atoms. The van der Waals surface area contributed by atoms with Crippen LogP contribution in [-0.2, 0) is 0 Å². The van der Waals surface area contributed by atoms with Gasteiger partial charge in [-0.3, -0.25) is 0 Å². The van der Waals surface area contributed by atoms with E-state index in [4.69, 9.17) is 10.5 Å². The van der Waals surface area contributed by atoms with Crippen LogP contribution in [0.15, 0.2) is 18.2 Å². The summed E-state index contributed by atoms with van der Waals surface area (Å²) in [4.78, 5) is 0. The number of ether oxygens (including phenoxy) is 1. The van der Waals surface area contributed by atoms with Gasteiger partial charge in [-0.2, -0.15) is 0 Å². The van der Waals surface area contributed by atoms with E-state index in [9.17, 15) is 0 Å². The molecule has 0 heterocycles.